The molecule has 0 bridgehead atoms. The molecule has 0 saturated carbocycles. The maximum absolute atomic E-state index is 12.7. The maximum atomic E-state index is 12.7. The number of aliphatic hydroxyl groups is 1. The number of benzene rings is 3. The fraction of sp³-hybridized carbons (Fsp3) is 0.269. The molecule has 3 aromatic rings. The predicted molar refractivity (Wildman–Crippen MR) is 127 cm³/mol. The smallest absolute Gasteiger partial charge is 0.358 e. The monoisotopic (exact) mass is 469 g/mol. The molecule has 0 fully saturated rings. The summed E-state index contributed by atoms with van der Waals surface area (Å²) in [7, 11) is 1.74. The van der Waals surface area contributed by atoms with E-state index in [2.05, 4.69) is 19.1 Å². The summed E-state index contributed by atoms with van der Waals surface area (Å²) in [6.07, 6.45) is 0.249. The van der Waals surface area contributed by atoms with E-state index in [-0.39, 0.29) is 5.92 Å². The van der Waals surface area contributed by atoms with Crippen molar-refractivity contribution in [2.45, 2.75) is 37.3 Å². The normalized spacial score (nSPS) is 21.1. The first kappa shape index (κ1) is 22.8. The van der Waals surface area contributed by atoms with Gasteiger partial charge in [-0.1, -0.05) is 83.9 Å². The van der Waals surface area contributed by atoms with Gasteiger partial charge in [-0.15, -0.1) is 5.06 Å². The molecule has 1 aliphatic carbocycles. The first-order valence-corrected chi connectivity index (χ1v) is 11.3. The van der Waals surface area contributed by atoms with E-state index >= 15 is 0 Å². The van der Waals surface area contributed by atoms with Crippen molar-refractivity contribution in [2.75, 3.05) is 7.05 Å². The van der Waals surface area contributed by atoms with Crippen molar-refractivity contribution in [2.24, 2.45) is 0 Å². The summed E-state index contributed by atoms with van der Waals surface area (Å²) in [6.45, 7) is 2.05. The first-order valence-electron chi connectivity index (χ1n) is 10.5. The zero-order valence-corrected chi connectivity index (χ0v) is 19.5. The fourth-order valence-corrected chi connectivity index (χ4v) is 4.77. The Kier molecular flexibility index (Phi) is 6.59. The van der Waals surface area contributed by atoms with E-state index in [1.54, 1.807) is 36.4 Å². The molecule has 0 saturated heterocycles. The van der Waals surface area contributed by atoms with Gasteiger partial charge in [0, 0.05) is 13.0 Å². The summed E-state index contributed by atoms with van der Waals surface area (Å²) in [6, 6.07) is 22.7. The summed E-state index contributed by atoms with van der Waals surface area (Å²) < 4.78 is 0. The van der Waals surface area contributed by atoms with Gasteiger partial charge in [-0.05, 0) is 54.2 Å². The van der Waals surface area contributed by atoms with Crippen molar-refractivity contribution in [1.29, 1.82) is 0 Å². The quantitative estimate of drug-likeness (QED) is 0.448. The van der Waals surface area contributed by atoms with Crippen molar-refractivity contribution in [3.8, 4) is 0 Å². The van der Waals surface area contributed by atoms with Gasteiger partial charge in [0.2, 0.25) is 0 Å². The molecule has 0 radical (unpaired) electrons. The van der Waals surface area contributed by atoms with E-state index in [1.807, 2.05) is 36.4 Å². The summed E-state index contributed by atoms with van der Waals surface area (Å²) >= 11 is 12.4. The zero-order valence-electron chi connectivity index (χ0n) is 18.0. The van der Waals surface area contributed by atoms with Gasteiger partial charge < -0.3 is 9.94 Å². The number of carbonyl (C=O) groups excluding carboxylic acids is 1. The average Bonchev–Trinajstić information content (AvgIpc) is 2.81. The van der Waals surface area contributed by atoms with Crippen molar-refractivity contribution in [1.82, 2.24) is 5.06 Å². The summed E-state index contributed by atoms with van der Waals surface area (Å²) in [5, 5.41) is 13.1. The Bertz CT molecular complexity index is 1120. The Morgan fingerprint density at radius 3 is 2.47 bits per heavy atom. The van der Waals surface area contributed by atoms with Gasteiger partial charge in [0.15, 0.2) is 6.10 Å². The number of hydrogen-bond donors (Lipinski definition) is 1. The van der Waals surface area contributed by atoms with Gasteiger partial charge in [-0.3, -0.25) is 0 Å². The van der Waals surface area contributed by atoms with Gasteiger partial charge in [-0.2, -0.15) is 0 Å². The predicted octanol–water partition coefficient (Wildman–Crippen LogP) is 6.26. The van der Waals surface area contributed by atoms with E-state index < -0.39 is 17.6 Å². The Hall–Kier alpha value is -2.37. The van der Waals surface area contributed by atoms with Crippen LogP contribution in [-0.4, -0.2) is 23.2 Å². The Morgan fingerprint density at radius 1 is 1.06 bits per heavy atom. The molecule has 4 rings (SSSR count). The van der Waals surface area contributed by atoms with E-state index in [1.165, 1.54) is 0 Å². The lowest BCUT2D eigenvalue weighted by Gasteiger charge is -2.44. The molecule has 0 amide bonds. The van der Waals surface area contributed by atoms with Crippen LogP contribution in [0.3, 0.4) is 0 Å². The molecule has 1 aliphatic rings. The molecule has 6 heteroatoms. The molecule has 0 aromatic heterocycles. The van der Waals surface area contributed by atoms with E-state index in [0.29, 0.717) is 15.6 Å². The number of carbonyl (C=O) groups is 1. The van der Waals surface area contributed by atoms with Crippen molar-refractivity contribution >= 4 is 29.2 Å². The molecule has 2 unspecified atom stereocenters. The van der Waals surface area contributed by atoms with Crippen LogP contribution in [-0.2, 0) is 15.2 Å². The summed E-state index contributed by atoms with van der Waals surface area (Å²) in [5.41, 5.74) is 3.29. The number of fused-ring (bicyclic) bond motifs is 1. The Morgan fingerprint density at radius 2 is 1.75 bits per heavy atom. The Labute approximate surface area is 198 Å². The Balaban J connectivity index is 1.61. The average molecular weight is 470 g/mol. The number of nitrogens with zero attached hydrogens (tertiary/aromatic N) is 1. The number of rotatable bonds is 5. The topological polar surface area (TPSA) is 49.8 Å². The van der Waals surface area contributed by atoms with Gasteiger partial charge >= 0.3 is 5.97 Å². The van der Waals surface area contributed by atoms with Crippen LogP contribution >= 0.6 is 23.2 Å². The van der Waals surface area contributed by atoms with E-state index in [4.69, 9.17) is 28.0 Å². The third kappa shape index (κ3) is 4.28. The molecule has 1 N–H and O–H groups in total. The van der Waals surface area contributed by atoms with Crippen LogP contribution in [0.2, 0.25) is 10.0 Å². The van der Waals surface area contributed by atoms with Crippen LogP contribution in [0.1, 0.15) is 54.0 Å². The SMILES string of the molecule is CN(OC(=O)[C@H](O)c1ccccc1)C1(C)CCC(c2ccc(Cl)c(Cl)c2)c2ccccc21. The lowest BCUT2D eigenvalue weighted by atomic mass is 9.70. The standard InChI is InChI=1S/C26H25Cl2NO3/c1-26(29(2)32-25(31)24(30)17-8-4-3-5-9-17)15-14-19(20-10-6-7-11-21(20)26)18-12-13-22(27)23(28)16-18/h3-13,16,19,24,30H,14-15H2,1-2H3/t19?,24-,26?/m1/s1. The molecule has 0 heterocycles. The molecular formula is C26H25Cl2NO3. The molecule has 0 spiro atoms. The van der Waals surface area contributed by atoms with Crippen LogP contribution in [0.4, 0.5) is 0 Å². The number of halogens is 2. The highest BCUT2D eigenvalue weighted by Crippen LogP contribution is 2.47. The third-order valence-electron chi connectivity index (χ3n) is 6.44. The lowest BCUT2D eigenvalue weighted by molar-refractivity contribution is -0.223. The van der Waals surface area contributed by atoms with Crippen LogP contribution in [0.5, 0.6) is 0 Å². The fourth-order valence-electron chi connectivity index (χ4n) is 4.47. The minimum Gasteiger partial charge on any atom is -0.377 e. The summed E-state index contributed by atoms with van der Waals surface area (Å²) in [4.78, 5) is 18.3. The highest BCUT2D eigenvalue weighted by atomic mass is 35.5. The second kappa shape index (κ2) is 9.24. The van der Waals surface area contributed by atoms with Crippen molar-refractivity contribution in [3.63, 3.8) is 0 Å². The van der Waals surface area contributed by atoms with E-state index in [0.717, 1.165) is 29.5 Å². The second-order valence-electron chi connectivity index (χ2n) is 8.35. The van der Waals surface area contributed by atoms with Gasteiger partial charge in [0.1, 0.15) is 0 Å². The number of aliphatic hydroxyl groups excluding tert-OH is 1. The minimum atomic E-state index is -1.34. The highest BCUT2D eigenvalue weighted by molar-refractivity contribution is 6.42. The highest BCUT2D eigenvalue weighted by Gasteiger charge is 2.42. The lowest BCUT2D eigenvalue weighted by Crippen LogP contribution is -2.46. The van der Waals surface area contributed by atoms with Gasteiger partial charge in [-0.25, -0.2) is 4.79 Å². The molecule has 3 atom stereocenters. The molecule has 166 valence electrons. The zero-order chi connectivity index (χ0) is 22.9. The first-order chi connectivity index (χ1) is 15.3. The van der Waals surface area contributed by atoms with Gasteiger partial charge in [0.05, 0.1) is 15.6 Å². The third-order valence-corrected chi connectivity index (χ3v) is 7.18. The molecule has 4 nitrogen and oxygen atoms in total. The maximum Gasteiger partial charge on any atom is 0.358 e. The van der Waals surface area contributed by atoms with Crippen molar-refractivity contribution < 1.29 is 14.7 Å². The van der Waals surface area contributed by atoms with Crippen molar-refractivity contribution in [3.05, 3.63) is 105 Å². The van der Waals surface area contributed by atoms with Crippen LogP contribution in [0.15, 0.2) is 72.8 Å². The minimum absolute atomic E-state index is 0.160. The molecular weight excluding hydrogens is 445 g/mol. The number of hydrogen-bond acceptors (Lipinski definition) is 4. The van der Waals surface area contributed by atoms with Gasteiger partial charge in [0.25, 0.3) is 0 Å². The van der Waals surface area contributed by atoms with Crippen LogP contribution in [0, 0.1) is 0 Å². The van der Waals surface area contributed by atoms with Crippen LogP contribution < -0.4 is 0 Å². The second-order valence-corrected chi connectivity index (χ2v) is 9.16. The van der Waals surface area contributed by atoms with E-state index in [9.17, 15) is 9.90 Å². The molecule has 0 aliphatic heterocycles. The summed E-state index contributed by atoms with van der Waals surface area (Å²) in [5.74, 6) is -0.544. The van der Waals surface area contributed by atoms with Crippen LogP contribution in [0.25, 0.3) is 0 Å². The molecule has 32 heavy (non-hydrogen) atoms. The largest absolute Gasteiger partial charge is 0.377 e. The number of hydroxylamine groups is 2. The molecule has 3 aromatic carbocycles.